The van der Waals surface area contributed by atoms with Crippen LogP contribution in [-0.2, 0) is 0 Å². The normalized spacial score (nSPS) is 72.5. The van der Waals surface area contributed by atoms with E-state index in [2.05, 4.69) is 6.92 Å². The van der Waals surface area contributed by atoms with Crippen LogP contribution in [0.5, 0.6) is 0 Å². The minimum Gasteiger partial charge on any atom is -0.390 e. The molecule has 4 fully saturated rings. The molecule has 0 aliphatic heterocycles. The van der Waals surface area contributed by atoms with Crippen molar-refractivity contribution in [3.05, 3.63) is 0 Å². The molecule has 6 atom stereocenters. The second-order valence-corrected chi connectivity index (χ2v) is 6.39. The number of fused-ring (bicyclic) bond motifs is 2. The minimum absolute atomic E-state index is 0.286. The average Bonchev–Trinajstić information content (AvgIpc) is 2.31. The molecule has 4 aliphatic carbocycles. The summed E-state index contributed by atoms with van der Waals surface area (Å²) in [6.07, 6.45) is 7.02. The fraction of sp³-hybridized carbons (Fsp3) is 1.00. The van der Waals surface area contributed by atoms with Crippen molar-refractivity contribution in [1.29, 1.82) is 0 Å². The lowest BCUT2D eigenvalue weighted by molar-refractivity contribution is -0.106. The van der Waals surface area contributed by atoms with Gasteiger partial charge in [0.15, 0.2) is 0 Å². The molecule has 0 aromatic carbocycles. The van der Waals surface area contributed by atoms with Crippen molar-refractivity contribution in [2.45, 2.75) is 44.6 Å². The lowest BCUT2D eigenvalue weighted by atomic mass is 9.54. The highest BCUT2D eigenvalue weighted by Crippen LogP contribution is 2.77. The average molecular weight is 178 g/mol. The molecule has 1 spiro atoms. The van der Waals surface area contributed by atoms with E-state index in [9.17, 15) is 5.11 Å². The topological polar surface area (TPSA) is 20.2 Å². The van der Waals surface area contributed by atoms with Crippen molar-refractivity contribution < 1.29 is 5.11 Å². The van der Waals surface area contributed by atoms with Gasteiger partial charge < -0.3 is 5.11 Å². The molecular formula is C12H18O. The second-order valence-electron chi connectivity index (χ2n) is 6.39. The van der Waals surface area contributed by atoms with Gasteiger partial charge in [0.25, 0.3) is 0 Å². The first-order chi connectivity index (χ1) is 6.13. The molecule has 0 aromatic rings. The van der Waals surface area contributed by atoms with Crippen LogP contribution in [0.25, 0.3) is 0 Å². The van der Waals surface area contributed by atoms with E-state index < -0.39 is 0 Å². The van der Waals surface area contributed by atoms with Gasteiger partial charge in [-0.1, -0.05) is 0 Å². The third kappa shape index (κ3) is 0.562. The molecule has 0 amide bonds. The standard InChI is InChI=1S/C12H18O/c1-11(13)9-3-7-2-8-4-10(11)12(8,5-7)6-9/h7-10,13H,2-6H2,1H3/t7?,8?,9?,10-,11+,12?/m0/s1. The zero-order chi connectivity index (χ0) is 8.84. The van der Waals surface area contributed by atoms with Crippen LogP contribution >= 0.6 is 0 Å². The van der Waals surface area contributed by atoms with E-state index in [4.69, 9.17) is 0 Å². The maximum atomic E-state index is 10.5. The molecule has 72 valence electrons. The Balaban J connectivity index is 1.89. The van der Waals surface area contributed by atoms with Gasteiger partial charge in [-0.3, -0.25) is 0 Å². The van der Waals surface area contributed by atoms with Crippen LogP contribution in [0.2, 0.25) is 0 Å². The zero-order valence-corrected chi connectivity index (χ0v) is 8.29. The van der Waals surface area contributed by atoms with Crippen LogP contribution in [0, 0.1) is 29.1 Å². The summed E-state index contributed by atoms with van der Waals surface area (Å²) in [5, 5.41) is 10.5. The molecule has 0 saturated heterocycles. The largest absolute Gasteiger partial charge is 0.390 e. The lowest BCUT2D eigenvalue weighted by Crippen LogP contribution is -2.50. The van der Waals surface area contributed by atoms with Crippen molar-refractivity contribution in [2.75, 3.05) is 0 Å². The van der Waals surface area contributed by atoms with Crippen LogP contribution in [0.4, 0.5) is 0 Å². The first-order valence-corrected chi connectivity index (χ1v) is 5.85. The third-order valence-electron chi connectivity index (χ3n) is 6.09. The van der Waals surface area contributed by atoms with Gasteiger partial charge >= 0.3 is 0 Å². The van der Waals surface area contributed by atoms with Crippen LogP contribution in [0.15, 0.2) is 0 Å². The quantitative estimate of drug-likeness (QED) is 0.603. The van der Waals surface area contributed by atoms with Gasteiger partial charge in [-0.25, -0.2) is 0 Å². The van der Waals surface area contributed by atoms with Gasteiger partial charge in [0, 0.05) is 0 Å². The van der Waals surface area contributed by atoms with E-state index in [1.807, 2.05) is 0 Å². The van der Waals surface area contributed by atoms with Crippen molar-refractivity contribution in [3.8, 4) is 0 Å². The Labute approximate surface area is 79.5 Å². The van der Waals surface area contributed by atoms with Crippen molar-refractivity contribution in [2.24, 2.45) is 29.1 Å². The summed E-state index contributed by atoms with van der Waals surface area (Å²) in [6.45, 7) is 2.12. The second kappa shape index (κ2) is 1.71. The van der Waals surface area contributed by atoms with E-state index in [1.165, 1.54) is 32.1 Å². The van der Waals surface area contributed by atoms with Gasteiger partial charge in [0.2, 0.25) is 0 Å². The molecule has 4 aliphatic rings. The smallest absolute Gasteiger partial charge is 0.0681 e. The van der Waals surface area contributed by atoms with Crippen LogP contribution in [0.1, 0.15) is 39.0 Å². The molecule has 0 heterocycles. The van der Waals surface area contributed by atoms with Crippen molar-refractivity contribution >= 4 is 0 Å². The Kier molecular flexibility index (Phi) is 0.959. The molecule has 3 bridgehead atoms. The number of rotatable bonds is 0. The third-order valence-corrected chi connectivity index (χ3v) is 6.09. The molecule has 4 unspecified atom stereocenters. The Hall–Kier alpha value is -0.0400. The van der Waals surface area contributed by atoms with Crippen LogP contribution < -0.4 is 0 Å². The van der Waals surface area contributed by atoms with E-state index in [-0.39, 0.29) is 5.60 Å². The maximum Gasteiger partial charge on any atom is 0.0681 e. The molecule has 1 N–H and O–H groups in total. The lowest BCUT2D eigenvalue weighted by Gasteiger charge is -2.52. The first-order valence-electron chi connectivity index (χ1n) is 5.85. The fourth-order valence-corrected chi connectivity index (χ4v) is 5.61. The van der Waals surface area contributed by atoms with Crippen molar-refractivity contribution in [1.82, 2.24) is 0 Å². The molecule has 0 radical (unpaired) electrons. The monoisotopic (exact) mass is 178 g/mol. The molecular weight excluding hydrogens is 160 g/mol. The predicted octanol–water partition coefficient (Wildman–Crippen LogP) is 2.19. The number of hydrogen-bond acceptors (Lipinski definition) is 1. The van der Waals surface area contributed by atoms with E-state index in [0.29, 0.717) is 17.3 Å². The van der Waals surface area contributed by atoms with E-state index in [0.717, 1.165) is 11.8 Å². The van der Waals surface area contributed by atoms with Crippen LogP contribution in [0.3, 0.4) is 0 Å². The van der Waals surface area contributed by atoms with Gasteiger partial charge in [-0.15, -0.1) is 0 Å². The van der Waals surface area contributed by atoms with Gasteiger partial charge in [-0.05, 0) is 68.1 Å². The van der Waals surface area contributed by atoms with E-state index >= 15 is 0 Å². The summed E-state index contributed by atoms with van der Waals surface area (Å²) >= 11 is 0. The van der Waals surface area contributed by atoms with Gasteiger partial charge in [0.05, 0.1) is 5.60 Å². The van der Waals surface area contributed by atoms with Crippen molar-refractivity contribution in [3.63, 3.8) is 0 Å². The molecule has 1 nitrogen and oxygen atoms in total. The highest BCUT2D eigenvalue weighted by Gasteiger charge is 2.73. The van der Waals surface area contributed by atoms with Gasteiger partial charge in [-0.2, -0.15) is 0 Å². The Morgan fingerprint density at radius 3 is 2.69 bits per heavy atom. The summed E-state index contributed by atoms with van der Waals surface area (Å²) < 4.78 is 0. The summed E-state index contributed by atoms with van der Waals surface area (Å²) in [5.41, 5.74) is 0.364. The summed E-state index contributed by atoms with van der Waals surface area (Å²) in [5.74, 6) is 3.34. The van der Waals surface area contributed by atoms with E-state index in [1.54, 1.807) is 0 Å². The highest BCUT2D eigenvalue weighted by molar-refractivity contribution is 5.22. The number of aliphatic hydroxyl groups is 1. The number of hydrogen-bond donors (Lipinski definition) is 1. The van der Waals surface area contributed by atoms with Crippen LogP contribution in [-0.4, -0.2) is 10.7 Å². The Morgan fingerprint density at radius 1 is 1.08 bits per heavy atom. The van der Waals surface area contributed by atoms with Gasteiger partial charge in [0.1, 0.15) is 0 Å². The fourth-order valence-electron chi connectivity index (χ4n) is 5.61. The SMILES string of the molecule is C[C@@]1(O)C2CC3CC4C[C@@H]1C4(C3)C2. The summed E-state index contributed by atoms with van der Waals surface area (Å²) in [6, 6.07) is 0. The highest BCUT2D eigenvalue weighted by atomic mass is 16.3. The first kappa shape index (κ1) is 7.28. The zero-order valence-electron chi connectivity index (χ0n) is 8.29. The minimum atomic E-state index is -0.286. The molecule has 4 rings (SSSR count). The molecule has 0 aromatic heterocycles. The molecule has 13 heavy (non-hydrogen) atoms. The molecule has 4 saturated carbocycles. The summed E-state index contributed by atoms with van der Waals surface area (Å²) in [4.78, 5) is 0. The summed E-state index contributed by atoms with van der Waals surface area (Å²) in [7, 11) is 0. The molecule has 1 heteroatoms. The maximum absolute atomic E-state index is 10.5. The Morgan fingerprint density at radius 2 is 1.85 bits per heavy atom. The Bertz CT molecular complexity index is 283. The predicted molar refractivity (Wildman–Crippen MR) is 50.1 cm³/mol.